The molecule has 0 aliphatic carbocycles. The van der Waals surface area contributed by atoms with E-state index < -0.39 is 0 Å². The second kappa shape index (κ2) is 9.67. The molecule has 7 heteroatoms. The molecule has 1 aromatic rings. The molecular weight excluding hydrogens is 371 g/mol. The minimum atomic E-state index is -0.323. The molecule has 0 bridgehead atoms. The van der Waals surface area contributed by atoms with E-state index in [1.54, 1.807) is 12.1 Å². The van der Waals surface area contributed by atoms with Crippen LogP contribution in [0.15, 0.2) is 24.3 Å². The monoisotopic (exact) mass is 404 g/mol. The van der Waals surface area contributed by atoms with Crippen LogP contribution in [0, 0.1) is 17.7 Å². The van der Waals surface area contributed by atoms with Crippen LogP contribution in [0.4, 0.5) is 10.1 Å². The molecule has 0 aromatic heterocycles. The number of piperidine rings is 1. The summed E-state index contributed by atoms with van der Waals surface area (Å²) < 4.78 is 13.0. The van der Waals surface area contributed by atoms with Crippen molar-refractivity contribution in [1.29, 1.82) is 0 Å². The molecule has 2 heterocycles. The lowest BCUT2D eigenvalue weighted by Crippen LogP contribution is -2.56. The second-order valence-electron chi connectivity index (χ2n) is 8.73. The van der Waals surface area contributed by atoms with Crippen LogP contribution >= 0.6 is 0 Å². The molecule has 2 saturated heterocycles. The van der Waals surface area contributed by atoms with Crippen molar-refractivity contribution in [1.82, 2.24) is 14.7 Å². The molecule has 0 spiro atoms. The number of rotatable bonds is 5. The molecule has 3 atom stereocenters. The summed E-state index contributed by atoms with van der Waals surface area (Å²) in [6.07, 6.45) is 1.19. The fourth-order valence-electron chi connectivity index (χ4n) is 4.51. The molecular formula is C22H33FN4O2. The van der Waals surface area contributed by atoms with Gasteiger partial charge >= 0.3 is 0 Å². The van der Waals surface area contributed by atoms with E-state index in [1.165, 1.54) is 18.6 Å². The van der Waals surface area contributed by atoms with Gasteiger partial charge in [-0.1, -0.05) is 13.8 Å². The number of amides is 2. The number of anilines is 1. The maximum atomic E-state index is 13.0. The van der Waals surface area contributed by atoms with E-state index in [0.717, 1.165) is 39.3 Å². The first kappa shape index (κ1) is 21.7. The van der Waals surface area contributed by atoms with Gasteiger partial charge in [0, 0.05) is 45.0 Å². The van der Waals surface area contributed by atoms with E-state index in [-0.39, 0.29) is 23.7 Å². The average molecular weight is 405 g/mol. The number of carbonyl (C=O) groups excluding carboxylic acids is 2. The number of piperazine rings is 1. The van der Waals surface area contributed by atoms with Crippen molar-refractivity contribution in [3.05, 3.63) is 30.1 Å². The highest BCUT2D eigenvalue weighted by molar-refractivity contribution is 5.92. The summed E-state index contributed by atoms with van der Waals surface area (Å²) in [5.41, 5.74) is 0.597. The van der Waals surface area contributed by atoms with Gasteiger partial charge in [0.1, 0.15) is 5.82 Å². The Balaban J connectivity index is 1.44. The number of likely N-dealkylation sites (tertiary alicyclic amines) is 1. The van der Waals surface area contributed by atoms with Crippen LogP contribution in [0.1, 0.15) is 27.2 Å². The lowest BCUT2D eigenvalue weighted by atomic mass is 9.91. The van der Waals surface area contributed by atoms with Gasteiger partial charge in [-0.2, -0.15) is 0 Å². The van der Waals surface area contributed by atoms with Gasteiger partial charge in [-0.05, 0) is 49.4 Å². The summed E-state index contributed by atoms with van der Waals surface area (Å²) in [5, 5.41) is 2.80. The Bertz CT molecular complexity index is 693. The number of nitrogens with one attached hydrogen (secondary N) is 1. The van der Waals surface area contributed by atoms with Crippen LogP contribution in [0.25, 0.3) is 0 Å². The highest BCUT2D eigenvalue weighted by atomic mass is 19.1. The van der Waals surface area contributed by atoms with Gasteiger partial charge in [0.2, 0.25) is 11.8 Å². The van der Waals surface area contributed by atoms with Gasteiger partial charge in [0.15, 0.2) is 0 Å². The third kappa shape index (κ3) is 6.00. The second-order valence-corrected chi connectivity index (χ2v) is 8.73. The van der Waals surface area contributed by atoms with Crippen LogP contribution in [0.5, 0.6) is 0 Å². The number of hydrogen-bond acceptors (Lipinski definition) is 4. The first-order valence-corrected chi connectivity index (χ1v) is 10.6. The van der Waals surface area contributed by atoms with Crippen molar-refractivity contribution in [2.75, 3.05) is 51.1 Å². The Hall–Kier alpha value is -1.99. The summed E-state index contributed by atoms with van der Waals surface area (Å²) in [5.74, 6) is 0.922. The maximum absolute atomic E-state index is 13.0. The Morgan fingerprint density at radius 3 is 2.24 bits per heavy atom. The van der Waals surface area contributed by atoms with Crippen LogP contribution in [0.3, 0.4) is 0 Å². The highest BCUT2D eigenvalue weighted by Gasteiger charge is 2.32. The molecule has 2 amide bonds. The lowest BCUT2D eigenvalue weighted by Gasteiger charge is -2.41. The summed E-state index contributed by atoms with van der Waals surface area (Å²) in [7, 11) is 0. The van der Waals surface area contributed by atoms with E-state index in [4.69, 9.17) is 0 Å². The Labute approximate surface area is 173 Å². The number of hydrogen-bond donors (Lipinski definition) is 1. The molecule has 6 nitrogen and oxygen atoms in total. The fraction of sp³-hybridized carbons (Fsp3) is 0.636. The predicted octanol–water partition coefficient (Wildman–Crippen LogP) is 2.27. The third-order valence-corrected chi connectivity index (χ3v) is 5.99. The zero-order valence-electron chi connectivity index (χ0n) is 17.7. The standard InChI is InChI=1S/C22H33FN4O2/c1-16-12-17(2)14-27(13-16)22(29)18(3)26-10-8-25(9-11-26)15-21(28)24-20-6-4-19(23)5-7-20/h4-7,16-18H,8-15H2,1-3H3,(H,24,28). The quantitative estimate of drug-likeness (QED) is 0.818. The fourth-order valence-corrected chi connectivity index (χ4v) is 4.51. The smallest absolute Gasteiger partial charge is 0.239 e. The van der Waals surface area contributed by atoms with Gasteiger partial charge in [-0.3, -0.25) is 19.4 Å². The lowest BCUT2D eigenvalue weighted by molar-refractivity contribution is -0.140. The molecule has 2 aliphatic heterocycles. The Kier molecular flexibility index (Phi) is 7.24. The highest BCUT2D eigenvalue weighted by Crippen LogP contribution is 2.22. The molecule has 160 valence electrons. The molecule has 3 unspecified atom stereocenters. The topological polar surface area (TPSA) is 55.9 Å². The van der Waals surface area contributed by atoms with Gasteiger partial charge in [0.05, 0.1) is 12.6 Å². The van der Waals surface area contributed by atoms with Crippen molar-refractivity contribution >= 4 is 17.5 Å². The maximum Gasteiger partial charge on any atom is 0.239 e. The molecule has 0 radical (unpaired) electrons. The van der Waals surface area contributed by atoms with Crippen molar-refractivity contribution in [2.45, 2.75) is 33.2 Å². The summed E-state index contributed by atoms with van der Waals surface area (Å²) in [6, 6.07) is 5.65. The van der Waals surface area contributed by atoms with Crippen LogP contribution in [0.2, 0.25) is 0 Å². The summed E-state index contributed by atoms with van der Waals surface area (Å²) >= 11 is 0. The van der Waals surface area contributed by atoms with E-state index in [9.17, 15) is 14.0 Å². The third-order valence-electron chi connectivity index (χ3n) is 5.99. The zero-order chi connectivity index (χ0) is 21.0. The van der Waals surface area contributed by atoms with Crippen molar-refractivity contribution in [2.24, 2.45) is 11.8 Å². The van der Waals surface area contributed by atoms with Crippen LogP contribution in [-0.2, 0) is 9.59 Å². The van der Waals surface area contributed by atoms with E-state index in [2.05, 4.69) is 29.0 Å². The van der Waals surface area contributed by atoms with Crippen molar-refractivity contribution < 1.29 is 14.0 Å². The Morgan fingerprint density at radius 1 is 1.07 bits per heavy atom. The SMILES string of the molecule is CC1CC(C)CN(C(=O)C(C)N2CCN(CC(=O)Nc3ccc(F)cc3)CC2)C1. The van der Waals surface area contributed by atoms with Gasteiger partial charge < -0.3 is 10.2 Å². The number of carbonyl (C=O) groups is 2. The van der Waals surface area contributed by atoms with E-state index >= 15 is 0 Å². The van der Waals surface area contributed by atoms with E-state index in [1.807, 2.05) is 11.8 Å². The van der Waals surface area contributed by atoms with Crippen molar-refractivity contribution in [3.8, 4) is 0 Å². The largest absolute Gasteiger partial charge is 0.341 e. The number of nitrogens with zero attached hydrogens (tertiary/aromatic N) is 3. The van der Waals surface area contributed by atoms with Crippen molar-refractivity contribution in [3.63, 3.8) is 0 Å². The molecule has 2 aliphatic rings. The van der Waals surface area contributed by atoms with Gasteiger partial charge in [-0.15, -0.1) is 0 Å². The minimum Gasteiger partial charge on any atom is -0.341 e. The van der Waals surface area contributed by atoms with Crippen LogP contribution < -0.4 is 5.32 Å². The van der Waals surface area contributed by atoms with Gasteiger partial charge in [-0.25, -0.2) is 4.39 Å². The van der Waals surface area contributed by atoms with Crippen LogP contribution in [-0.4, -0.2) is 78.4 Å². The molecule has 2 fully saturated rings. The number of halogens is 1. The molecule has 3 rings (SSSR count). The average Bonchev–Trinajstić information content (AvgIpc) is 2.68. The molecule has 0 saturated carbocycles. The van der Waals surface area contributed by atoms with Gasteiger partial charge in [0.25, 0.3) is 0 Å². The summed E-state index contributed by atoms with van der Waals surface area (Å²) in [6.45, 7) is 11.5. The van der Waals surface area contributed by atoms with E-state index in [0.29, 0.717) is 24.1 Å². The number of benzene rings is 1. The first-order valence-electron chi connectivity index (χ1n) is 10.6. The Morgan fingerprint density at radius 2 is 1.66 bits per heavy atom. The zero-order valence-corrected chi connectivity index (χ0v) is 17.7. The first-order chi connectivity index (χ1) is 13.8. The normalized spacial score (nSPS) is 24.9. The molecule has 1 aromatic carbocycles. The molecule has 1 N–H and O–H groups in total. The predicted molar refractivity (Wildman–Crippen MR) is 112 cm³/mol. The minimum absolute atomic E-state index is 0.106. The molecule has 29 heavy (non-hydrogen) atoms. The summed E-state index contributed by atoms with van der Waals surface area (Å²) in [4.78, 5) is 31.5.